The summed E-state index contributed by atoms with van der Waals surface area (Å²) in [5.41, 5.74) is 2.49. The highest BCUT2D eigenvalue weighted by Crippen LogP contribution is 2.25. The Morgan fingerprint density at radius 1 is 1.27 bits per heavy atom. The number of Topliss-reactive ketones (excluding diaryl/α,β-unsaturated/α-hetero) is 1. The van der Waals surface area contributed by atoms with Crippen LogP contribution in [0.4, 0.5) is 5.69 Å². The predicted octanol–water partition coefficient (Wildman–Crippen LogP) is 3.18. The number of ketones is 1. The van der Waals surface area contributed by atoms with Crippen molar-refractivity contribution >= 4 is 17.4 Å². The molecule has 114 valence electrons. The molecule has 1 aromatic heterocycles. The quantitative estimate of drug-likeness (QED) is 0.855. The number of benzene rings is 1. The third-order valence-corrected chi connectivity index (χ3v) is 3.89. The van der Waals surface area contributed by atoms with Crippen LogP contribution >= 0.6 is 0 Å². The molecule has 0 fully saturated rings. The summed E-state index contributed by atoms with van der Waals surface area (Å²) in [6.45, 7) is 0. The number of H-pyrrole nitrogens is 1. The monoisotopic (exact) mass is 298 g/mol. The molecule has 1 amide bonds. The molecule has 22 heavy (non-hydrogen) atoms. The van der Waals surface area contributed by atoms with Gasteiger partial charge in [-0.3, -0.25) is 9.59 Å². The molecule has 0 saturated heterocycles. The van der Waals surface area contributed by atoms with Crippen LogP contribution in [0.2, 0.25) is 0 Å². The smallest absolute Gasteiger partial charge is 0.257 e. The number of aromatic nitrogens is 1. The van der Waals surface area contributed by atoms with E-state index in [0.717, 1.165) is 25.0 Å². The molecule has 0 unspecified atom stereocenters. The number of aryl methyl sites for hydroxylation is 1. The summed E-state index contributed by atoms with van der Waals surface area (Å²) < 4.78 is 5.14. The number of hydrogen-bond donors (Lipinski definition) is 2. The third-order valence-electron chi connectivity index (χ3n) is 3.89. The van der Waals surface area contributed by atoms with Crippen molar-refractivity contribution in [1.29, 1.82) is 0 Å². The van der Waals surface area contributed by atoms with Crippen LogP contribution in [-0.4, -0.2) is 23.8 Å². The molecule has 0 saturated carbocycles. The minimum absolute atomic E-state index is 0.0459. The minimum Gasteiger partial charge on any atom is -0.497 e. The second-order valence-corrected chi connectivity index (χ2v) is 5.37. The number of nitrogens with one attached hydrogen (secondary N) is 2. The van der Waals surface area contributed by atoms with Gasteiger partial charge in [0, 0.05) is 30.1 Å². The first-order valence-corrected chi connectivity index (χ1v) is 7.38. The first-order valence-electron chi connectivity index (χ1n) is 7.38. The maximum atomic E-state index is 12.5. The molecule has 2 N–H and O–H groups in total. The largest absolute Gasteiger partial charge is 0.497 e. The first kappa shape index (κ1) is 14.4. The second kappa shape index (κ2) is 6.05. The van der Waals surface area contributed by atoms with Gasteiger partial charge in [0.2, 0.25) is 0 Å². The minimum atomic E-state index is -0.277. The van der Waals surface area contributed by atoms with Crippen LogP contribution in [0.5, 0.6) is 5.75 Å². The van der Waals surface area contributed by atoms with Gasteiger partial charge in [-0.1, -0.05) is 6.07 Å². The summed E-state index contributed by atoms with van der Waals surface area (Å²) >= 11 is 0. The van der Waals surface area contributed by atoms with Gasteiger partial charge >= 0.3 is 0 Å². The number of ether oxygens (including phenoxy) is 1. The Balaban J connectivity index is 1.86. The van der Waals surface area contributed by atoms with E-state index in [1.807, 2.05) is 6.07 Å². The summed E-state index contributed by atoms with van der Waals surface area (Å²) in [7, 11) is 1.58. The summed E-state index contributed by atoms with van der Waals surface area (Å²) in [6.07, 6.45) is 4.79. The molecule has 1 aliphatic carbocycles. The van der Waals surface area contributed by atoms with Crippen molar-refractivity contribution in [2.24, 2.45) is 0 Å². The van der Waals surface area contributed by atoms with Crippen LogP contribution in [0.3, 0.4) is 0 Å². The lowest BCUT2D eigenvalue weighted by Crippen LogP contribution is -2.15. The average molecular weight is 298 g/mol. The van der Waals surface area contributed by atoms with E-state index >= 15 is 0 Å². The van der Waals surface area contributed by atoms with Gasteiger partial charge in [0.25, 0.3) is 5.91 Å². The Kier molecular flexibility index (Phi) is 3.96. The maximum Gasteiger partial charge on any atom is 0.257 e. The maximum absolute atomic E-state index is 12.5. The van der Waals surface area contributed by atoms with E-state index in [1.165, 1.54) is 0 Å². The van der Waals surface area contributed by atoms with Crippen molar-refractivity contribution in [2.75, 3.05) is 12.4 Å². The molecule has 5 nitrogen and oxygen atoms in total. The van der Waals surface area contributed by atoms with Crippen LogP contribution < -0.4 is 10.1 Å². The Morgan fingerprint density at radius 2 is 2.09 bits per heavy atom. The zero-order chi connectivity index (χ0) is 15.5. The molecule has 5 heteroatoms. The first-order chi connectivity index (χ1) is 10.7. The summed E-state index contributed by atoms with van der Waals surface area (Å²) in [5.74, 6) is 0.437. The highest BCUT2D eigenvalue weighted by Gasteiger charge is 2.24. The molecule has 2 aromatic rings. The Labute approximate surface area is 128 Å². The van der Waals surface area contributed by atoms with Gasteiger partial charge in [-0.25, -0.2) is 0 Å². The second-order valence-electron chi connectivity index (χ2n) is 5.37. The fraction of sp³-hybridized carbons (Fsp3) is 0.294. The highest BCUT2D eigenvalue weighted by atomic mass is 16.5. The van der Waals surface area contributed by atoms with Crippen molar-refractivity contribution in [3.63, 3.8) is 0 Å². The lowest BCUT2D eigenvalue weighted by molar-refractivity contribution is 0.0965. The standard InChI is InChI=1S/C17H18N2O3/c1-22-12-6-4-5-11(9-12)19-17(21)13-10-18-14-7-2-3-8-15(20)16(13)14/h4-6,9-10,18H,2-3,7-8H2,1H3,(H,19,21). The van der Waals surface area contributed by atoms with Gasteiger partial charge in [-0.15, -0.1) is 0 Å². The number of carbonyl (C=O) groups is 2. The molecule has 0 atom stereocenters. The van der Waals surface area contributed by atoms with E-state index in [0.29, 0.717) is 29.0 Å². The third kappa shape index (κ3) is 2.74. The average Bonchev–Trinajstić information content (AvgIpc) is 2.87. The van der Waals surface area contributed by atoms with Crippen molar-refractivity contribution < 1.29 is 14.3 Å². The van der Waals surface area contributed by atoms with Gasteiger partial charge in [0.1, 0.15) is 5.75 Å². The summed E-state index contributed by atoms with van der Waals surface area (Å²) in [6, 6.07) is 7.14. The molecule has 0 aliphatic heterocycles. The topological polar surface area (TPSA) is 71.2 Å². The van der Waals surface area contributed by atoms with Gasteiger partial charge in [-0.2, -0.15) is 0 Å². The molecule has 0 spiro atoms. The summed E-state index contributed by atoms with van der Waals surface area (Å²) in [4.78, 5) is 27.8. The molecular formula is C17H18N2O3. The van der Waals surface area contributed by atoms with Crippen LogP contribution in [0.25, 0.3) is 0 Å². The Bertz CT molecular complexity index is 718. The normalized spacial score (nSPS) is 14.1. The zero-order valence-electron chi connectivity index (χ0n) is 12.4. The van der Waals surface area contributed by atoms with Gasteiger partial charge in [0.15, 0.2) is 5.78 Å². The fourth-order valence-electron chi connectivity index (χ4n) is 2.77. The predicted molar refractivity (Wildman–Crippen MR) is 83.6 cm³/mol. The molecule has 1 aromatic carbocycles. The molecule has 1 aliphatic rings. The van der Waals surface area contributed by atoms with E-state index < -0.39 is 0 Å². The number of amides is 1. The molecule has 3 rings (SSSR count). The van der Waals surface area contributed by atoms with E-state index in [4.69, 9.17) is 4.74 Å². The Morgan fingerprint density at radius 3 is 2.91 bits per heavy atom. The van der Waals surface area contributed by atoms with E-state index in [9.17, 15) is 9.59 Å². The molecule has 1 heterocycles. The molecule has 0 bridgehead atoms. The van der Waals surface area contributed by atoms with Crippen molar-refractivity contribution in [3.05, 3.63) is 47.3 Å². The van der Waals surface area contributed by atoms with Crippen molar-refractivity contribution in [1.82, 2.24) is 4.98 Å². The van der Waals surface area contributed by atoms with Gasteiger partial charge in [0.05, 0.1) is 18.2 Å². The number of fused-ring (bicyclic) bond motifs is 1. The fourth-order valence-corrected chi connectivity index (χ4v) is 2.77. The zero-order valence-corrected chi connectivity index (χ0v) is 12.4. The number of anilines is 1. The molecule has 0 radical (unpaired) electrons. The van der Waals surface area contributed by atoms with Crippen LogP contribution in [-0.2, 0) is 6.42 Å². The van der Waals surface area contributed by atoms with Crippen LogP contribution in [0.1, 0.15) is 45.7 Å². The number of methoxy groups -OCH3 is 1. The lowest BCUT2D eigenvalue weighted by atomic mass is 10.0. The van der Waals surface area contributed by atoms with E-state index in [1.54, 1.807) is 31.5 Å². The highest BCUT2D eigenvalue weighted by molar-refractivity contribution is 6.13. The number of rotatable bonds is 3. The van der Waals surface area contributed by atoms with Crippen molar-refractivity contribution in [3.8, 4) is 5.75 Å². The lowest BCUT2D eigenvalue weighted by Gasteiger charge is -2.07. The Hall–Kier alpha value is -2.56. The van der Waals surface area contributed by atoms with Crippen LogP contribution in [0, 0.1) is 0 Å². The van der Waals surface area contributed by atoms with Crippen molar-refractivity contribution in [2.45, 2.75) is 25.7 Å². The van der Waals surface area contributed by atoms with E-state index in [-0.39, 0.29) is 11.7 Å². The van der Waals surface area contributed by atoms with Gasteiger partial charge in [-0.05, 0) is 31.4 Å². The number of carbonyl (C=O) groups excluding carboxylic acids is 2. The van der Waals surface area contributed by atoms with Gasteiger partial charge < -0.3 is 15.0 Å². The number of hydrogen-bond acceptors (Lipinski definition) is 3. The van der Waals surface area contributed by atoms with E-state index in [2.05, 4.69) is 10.3 Å². The SMILES string of the molecule is COc1cccc(NC(=O)c2c[nH]c3c2C(=O)CCCC3)c1. The number of aromatic amines is 1. The van der Waals surface area contributed by atoms with Crippen LogP contribution in [0.15, 0.2) is 30.5 Å². The summed E-state index contributed by atoms with van der Waals surface area (Å²) in [5, 5.41) is 2.82. The molecular weight excluding hydrogens is 280 g/mol.